The number of hydrogen-bond donors (Lipinski definition) is 0. The number of nitrogens with zero attached hydrogens (tertiary/aromatic N) is 4. The van der Waals surface area contributed by atoms with Gasteiger partial charge in [0.2, 0.25) is 0 Å². The molecule has 2 aromatic rings. The summed E-state index contributed by atoms with van der Waals surface area (Å²) < 4.78 is 4.32. The van der Waals surface area contributed by atoms with Crippen LogP contribution < -0.4 is 5.56 Å². The number of hydrogen-bond acceptors (Lipinski definition) is 3. The second-order valence-corrected chi connectivity index (χ2v) is 8.76. The van der Waals surface area contributed by atoms with Gasteiger partial charge in [0.1, 0.15) is 5.65 Å². The summed E-state index contributed by atoms with van der Waals surface area (Å²) >= 11 is 0. The van der Waals surface area contributed by atoms with Crippen LogP contribution in [0.2, 0.25) is 0 Å². The van der Waals surface area contributed by atoms with Crippen molar-refractivity contribution in [2.75, 3.05) is 20.1 Å². The predicted molar refractivity (Wildman–Crippen MR) is 104 cm³/mol. The Morgan fingerprint density at radius 3 is 2.62 bits per heavy atom. The van der Waals surface area contributed by atoms with Crippen LogP contribution in [-0.4, -0.2) is 39.4 Å². The van der Waals surface area contributed by atoms with Crippen molar-refractivity contribution in [3.63, 3.8) is 0 Å². The number of piperidine rings is 1. The molecule has 5 rings (SSSR count). The van der Waals surface area contributed by atoms with E-state index < -0.39 is 0 Å². The quantitative estimate of drug-likeness (QED) is 0.850. The topological polar surface area (TPSA) is 43.1 Å². The minimum Gasteiger partial charge on any atom is -0.306 e. The van der Waals surface area contributed by atoms with Gasteiger partial charge in [-0.15, -0.1) is 0 Å². The average Bonchev–Trinajstić information content (AvgIpc) is 3.00. The third-order valence-electron chi connectivity index (χ3n) is 6.90. The van der Waals surface area contributed by atoms with E-state index in [-0.39, 0.29) is 0 Å². The lowest BCUT2D eigenvalue weighted by Crippen LogP contribution is -2.36. The maximum atomic E-state index is 13.4. The van der Waals surface area contributed by atoms with Crippen LogP contribution in [0.3, 0.4) is 0 Å². The first-order valence-corrected chi connectivity index (χ1v) is 10.5. The van der Waals surface area contributed by atoms with Crippen molar-refractivity contribution >= 4 is 11.0 Å². The molecule has 1 atom stereocenters. The van der Waals surface area contributed by atoms with Gasteiger partial charge >= 0.3 is 0 Å². The molecular weight excluding hydrogens is 324 g/mol. The molecule has 26 heavy (non-hydrogen) atoms. The monoisotopic (exact) mass is 354 g/mol. The molecule has 3 heterocycles. The fourth-order valence-electron chi connectivity index (χ4n) is 5.31. The van der Waals surface area contributed by atoms with Crippen molar-refractivity contribution in [3.8, 4) is 0 Å². The molecule has 5 heteroatoms. The molecule has 2 fully saturated rings. The van der Waals surface area contributed by atoms with Crippen molar-refractivity contribution in [3.05, 3.63) is 27.7 Å². The highest BCUT2D eigenvalue weighted by atomic mass is 16.1. The Labute approximate surface area is 155 Å². The summed E-state index contributed by atoms with van der Waals surface area (Å²) in [4.78, 5) is 15.8. The Kier molecular flexibility index (Phi) is 4.15. The minimum absolute atomic E-state index is 0.291. The largest absolute Gasteiger partial charge is 0.306 e. The Bertz CT molecular complexity index is 876. The van der Waals surface area contributed by atoms with E-state index in [1.807, 2.05) is 0 Å². The van der Waals surface area contributed by atoms with Crippen LogP contribution in [0.5, 0.6) is 0 Å². The van der Waals surface area contributed by atoms with Crippen LogP contribution >= 0.6 is 0 Å². The standard InChI is InChI=1S/C21H30N4O/c1-23-11-5-6-15(13-23)14-24-20-19(12-22-24)17-9-2-3-10-18(17)21(26)25(20)16-7-4-8-16/h12,15-16H,2-11,13-14H2,1H3. The lowest BCUT2D eigenvalue weighted by molar-refractivity contribution is 0.191. The lowest BCUT2D eigenvalue weighted by atomic mass is 9.88. The average molecular weight is 354 g/mol. The summed E-state index contributed by atoms with van der Waals surface area (Å²) in [6.45, 7) is 3.29. The summed E-state index contributed by atoms with van der Waals surface area (Å²) in [7, 11) is 2.22. The third kappa shape index (κ3) is 2.63. The molecule has 1 saturated carbocycles. The molecule has 1 aliphatic heterocycles. The van der Waals surface area contributed by atoms with Crippen LogP contribution in [0.15, 0.2) is 11.0 Å². The molecular formula is C21H30N4O. The first-order chi connectivity index (χ1) is 12.7. The predicted octanol–water partition coefficient (Wildman–Crippen LogP) is 3.14. The molecule has 3 aliphatic rings. The summed E-state index contributed by atoms with van der Waals surface area (Å²) in [5.74, 6) is 0.637. The molecule has 140 valence electrons. The summed E-state index contributed by atoms with van der Waals surface area (Å²) in [6.07, 6.45) is 12.5. The second-order valence-electron chi connectivity index (χ2n) is 8.76. The zero-order valence-corrected chi connectivity index (χ0v) is 15.9. The first-order valence-electron chi connectivity index (χ1n) is 10.5. The number of likely N-dealkylation sites (tertiary alicyclic amines) is 1. The SMILES string of the molecule is CN1CCCC(Cn2ncc3c4c(c(=O)n(C5CCC5)c32)CCCC4)C1. The van der Waals surface area contributed by atoms with Crippen LogP contribution in [-0.2, 0) is 19.4 Å². The highest BCUT2D eigenvalue weighted by Crippen LogP contribution is 2.35. The highest BCUT2D eigenvalue weighted by molar-refractivity contribution is 5.81. The number of aromatic nitrogens is 3. The van der Waals surface area contributed by atoms with Gasteiger partial charge in [-0.2, -0.15) is 5.10 Å². The van der Waals surface area contributed by atoms with E-state index in [0.717, 1.165) is 56.4 Å². The van der Waals surface area contributed by atoms with Gasteiger partial charge in [0, 0.05) is 30.1 Å². The summed E-state index contributed by atoms with van der Waals surface area (Å²) in [5, 5.41) is 6.06. The molecule has 0 radical (unpaired) electrons. The molecule has 2 aromatic heterocycles. The van der Waals surface area contributed by atoms with Crippen LogP contribution in [0.25, 0.3) is 11.0 Å². The van der Waals surface area contributed by atoms with E-state index in [2.05, 4.69) is 27.4 Å². The van der Waals surface area contributed by atoms with Gasteiger partial charge < -0.3 is 4.90 Å². The molecule has 0 bridgehead atoms. The van der Waals surface area contributed by atoms with Crippen molar-refractivity contribution in [2.24, 2.45) is 5.92 Å². The normalized spacial score (nSPS) is 24.6. The Morgan fingerprint density at radius 1 is 1.08 bits per heavy atom. The van der Waals surface area contributed by atoms with Gasteiger partial charge in [0.05, 0.1) is 6.20 Å². The van der Waals surface area contributed by atoms with E-state index in [4.69, 9.17) is 5.10 Å². The fourth-order valence-corrected chi connectivity index (χ4v) is 5.31. The number of rotatable bonds is 3. The van der Waals surface area contributed by atoms with Crippen molar-refractivity contribution in [1.29, 1.82) is 0 Å². The van der Waals surface area contributed by atoms with Gasteiger partial charge in [0.25, 0.3) is 5.56 Å². The van der Waals surface area contributed by atoms with Crippen LogP contribution in [0, 0.1) is 5.92 Å². The molecule has 0 amide bonds. The highest BCUT2D eigenvalue weighted by Gasteiger charge is 2.29. The summed E-state index contributed by atoms with van der Waals surface area (Å²) in [6, 6.07) is 0.390. The molecule has 0 N–H and O–H groups in total. The third-order valence-corrected chi connectivity index (χ3v) is 6.90. The smallest absolute Gasteiger partial charge is 0.255 e. The molecule has 0 spiro atoms. The van der Waals surface area contributed by atoms with E-state index in [9.17, 15) is 4.79 Å². The van der Waals surface area contributed by atoms with Gasteiger partial charge in [-0.25, -0.2) is 4.68 Å². The fraction of sp³-hybridized carbons (Fsp3) is 0.714. The van der Waals surface area contributed by atoms with E-state index in [1.165, 1.54) is 43.2 Å². The number of aryl methyl sites for hydroxylation is 1. The van der Waals surface area contributed by atoms with Crippen molar-refractivity contribution < 1.29 is 0 Å². The zero-order valence-electron chi connectivity index (χ0n) is 15.9. The summed E-state index contributed by atoms with van der Waals surface area (Å²) in [5.41, 5.74) is 3.81. The maximum Gasteiger partial charge on any atom is 0.255 e. The second kappa shape index (κ2) is 6.52. The van der Waals surface area contributed by atoms with Gasteiger partial charge in [-0.05, 0) is 82.9 Å². The molecule has 0 aromatic carbocycles. The van der Waals surface area contributed by atoms with Gasteiger partial charge in [-0.1, -0.05) is 0 Å². The molecule has 5 nitrogen and oxygen atoms in total. The Balaban J connectivity index is 1.63. The van der Waals surface area contributed by atoms with Crippen molar-refractivity contribution in [2.45, 2.75) is 70.4 Å². The number of pyridine rings is 1. The Morgan fingerprint density at radius 2 is 1.88 bits per heavy atom. The number of fused-ring (bicyclic) bond motifs is 3. The van der Waals surface area contributed by atoms with Crippen LogP contribution in [0.4, 0.5) is 0 Å². The Hall–Kier alpha value is -1.62. The van der Waals surface area contributed by atoms with Crippen LogP contribution in [0.1, 0.15) is 62.1 Å². The van der Waals surface area contributed by atoms with Gasteiger partial charge in [-0.3, -0.25) is 9.36 Å². The first kappa shape index (κ1) is 16.5. The lowest BCUT2D eigenvalue weighted by Gasteiger charge is -2.32. The van der Waals surface area contributed by atoms with Gasteiger partial charge in [0.15, 0.2) is 0 Å². The van der Waals surface area contributed by atoms with E-state index in [0.29, 0.717) is 17.5 Å². The molecule has 2 aliphatic carbocycles. The molecule has 1 unspecified atom stereocenters. The van der Waals surface area contributed by atoms with E-state index >= 15 is 0 Å². The zero-order chi connectivity index (χ0) is 17.7. The van der Waals surface area contributed by atoms with E-state index in [1.54, 1.807) is 0 Å². The van der Waals surface area contributed by atoms with Crippen molar-refractivity contribution in [1.82, 2.24) is 19.2 Å². The molecule has 1 saturated heterocycles. The minimum atomic E-state index is 0.291. The maximum absolute atomic E-state index is 13.4.